The third-order valence-electron chi connectivity index (χ3n) is 4.63. The van der Waals surface area contributed by atoms with Crippen LogP contribution < -0.4 is 0 Å². The van der Waals surface area contributed by atoms with Gasteiger partial charge in [0.1, 0.15) is 11.5 Å². The maximum absolute atomic E-state index is 13.4. The summed E-state index contributed by atoms with van der Waals surface area (Å²) in [7, 11) is 0. The van der Waals surface area contributed by atoms with E-state index in [9.17, 15) is 4.39 Å². The van der Waals surface area contributed by atoms with Gasteiger partial charge in [-0.15, -0.1) is 4.52 Å². The predicted molar refractivity (Wildman–Crippen MR) is 95.7 cm³/mol. The van der Waals surface area contributed by atoms with Gasteiger partial charge in [-0.2, -0.15) is 0 Å². The minimum Gasteiger partial charge on any atom is -0.377 e. The molecule has 0 amide bonds. The monoisotopic (exact) mass is 360 g/mol. The summed E-state index contributed by atoms with van der Waals surface area (Å²) < 4.78 is 22.2. The van der Waals surface area contributed by atoms with Crippen molar-refractivity contribution in [2.75, 3.05) is 13.2 Å². The first kappa shape index (κ1) is 15.7. The summed E-state index contributed by atoms with van der Waals surface area (Å²) in [6.45, 7) is 8.50. The Morgan fingerprint density at radius 2 is 1.93 bits per heavy atom. The predicted octanol–water partition coefficient (Wildman–Crippen LogP) is 3.52. The molecule has 1 saturated heterocycles. The van der Waals surface area contributed by atoms with E-state index in [4.69, 9.17) is 11.3 Å². The molecule has 132 valence electrons. The van der Waals surface area contributed by atoms with E-state index in [-0.39, 0.29) is 11.9 Å². The van der Waals surface area contributed by atoms with Crippen molar-refractivity contribution in [3.05, 3.63) is 66.2 Å². The first-order valence-electron chi connectivity index (χ1n) is 8.38. The number of imidazole rings is 2. The van der Waals surface area contributed by atoms with Crippen molar-refractivity contribution in [1.82, 2.24) is 24.1 Å². The first-order valence-corrected chi connectivity index (χ1v) is 8.38. The van der Waals surface area contributed by atoms with Gasteiger partial charge in [-0.3, -0.25) is 0 Å². The average molecular weight is 360 g/mol. The van der Waals surface area contributed by atoms with Crippen LogP contribution in [0.1, 0.15) is 6.04 Å². The molecular weight excluding hydrogens is 347 g/mol. The van der Waals surface area contributed by atoms with Gasteiger partial charge in [0.25, 0.3) is 5.82 Å². The maximum atomic E-state index is 13.4. The number of ether oxygens (including phenoxy) is 1. The van der Waals surface area contributed by atoms with Gasteiger partial charge in [0.2, 0.25) is 5.65 Å². The Morgan fingerprint density at radius 3 is 2.63 bits per heavy atom. The van der Waals surface area contributed by atoms with Crippen molar-refractivity contribution >= 4 is 11.5 Å². The van der Waals surface area contributed by atoms with E-state index in [1.807, 2.05) is 16.7 Å². The molecule has 0 atom stereocenters. The molecule has 0 N–H and O–H groups in total. The smallest absolute Gasteiger partial charge is 0.275 e. The normalized spacial score (nSPS) is 14.2. The van der Waals surface area contributed by atoms with Crippen molar-refractivity contribution in [3.63, 3.8) is 0 Å². The Labute approximate surface area is 153 Å². The number of fused-ring (bicyclic) bond motifs is 1. The standard InChI is InChI=1S/C19H13FN6O/c1-21-17-8-22-16-7-6-15(24-26(16)17)19-18(12-2-4-13(20)5-3-12)23-11-25(19)14-9-27-10-14/h2-8,11,14H,9-10H2. The second kappa shape index (κ2) is 6.00. The fourth-order valence-corrected chi connectivity index (χ4v) is 3.16. The molecule has 0 radical (unpaired) electrons. The van der Waals surface area contributed by atoms with Gasteiger partial charge in [-0.05, 0) is 30.3 Å². The maximum Gasteiger partial charge on any atom is 0.275 e. The summed E-state index contributed by atoms with van der Waals surface area (Å²) in [5.41, 5.74) is 3.57. The Morgan fingerprint density at radius 1 is 1.11 bits per heavy atom. The minimum atomic E-state index is -0.299. The van der Waals surface area contributed by atoms with E-state index in [0.29, 0.717) is 36.1 Å². The number of benzene rings is 1. The topological polar surface area (TPSA) is 61.6 Å². The largest absolute Gasteiger partial charge is 0.377 e. The zero-order chi connectivity index (χ0) is 18.4. The Balaban J connectivity index is 1.73. The van der Waals surface area contributed by atoms with Crippen molar-refractivity contribution in [2.24, 2.45) is 0 Å². The van der Waals surface area contributed by atoms with Crippen molar-refractivity contribution < 1.29 is 9.13 Å². The average Bonchev–Trinajstić information content (AvgIpc) is 3.24. The van der Waals surface area contributed by atoms with Crippen molar-refractivity contribution in [1.29, 1.82) is 0 Å². The van der Waals surface area contributed by atoms with Crippen LogP contribution in [-0.4, -0.2) is 37.4 Å². The van der Waals surface area contributed by atoms with Gasteiger partial charge < -0.3 is 14.1 Å². The molecule has 8 heteroatoms. The van der Waals surface area contributed by atoms with E-state index in [0.717, 1.165) is 11.3 Å². The van der Waals surface area contributed by atoms with Gasteiger partial charge in [0, 0.05) is 11.6 Å². The van der Waals surface area contributed by atoms with E-state index in [2.05, 4.69) is 19.9 Å². The molecule has 4 aromatic rings. The van der Waals surface area contributed by atoms with E-state index in [1.165, 1.54) is 22.8 Å². The molecule has 0 saturated carbocycles. The summed E-state index contributed by atoms with van der Waals surface area (Å²) >= 11 is 0. The van der Waals surface area contributed by atoms with Gasteiger partial charge in [-0.25, -0.2) is 14.4 Å². The van der Waals surface area contributed by atoms with Crippen LogP contribution in [0.15, 0.2) is 48.9 Å². The van der Waals surface area contributed by atoms with E-state index < -0.39 is 0 Å². The van der Waals surface area contributed by atoms with Crippen LogP contribution >= 0.6 is 0 Å². The Hall–Kier alpha value is -3.57. The van der Waals surface area contributed by atoms with Crippen LogP contribution in [0.25, 0.3) is 33.1 Å². The van der Waals surface area contributed by atoms with Gasteiger partial charge in [0.15, 0.2) is 0 Å². The number of hydrogen-bond acceptors (Lipinski definition) is 4. The number of rotatable bonds is 3. The molecule has 7 nitrogen and oxygen atoms in total. The molecule has 0 aliphatic carbocycles. The molecule has 0 bridgehead atoms. The highest BCUT2D eigenvalue weighted by molar-refractivity contribution is 5.77. The lowest BCUT2D eigenvalue weighted by Crippen LogP contribution is -2.30. The van der Waals surface area contributed by atoms with Crippen LogP contribution in [0.2, 0.25) is 0 Å². The molecular formula is C19H13FN6O. The zero-order valence-corrected chi connectivity index (χ0v) is 14.1. The molecule has 5 rings (SSSR count). The van der Waals surface area contributed by atoms with Gasteiger partial charge >= 0.3 is 0 Å². The number of halogens is 1. The van der Waals surface area contributed by atoms with E-state index in [1.54, 1.807) is 18.5 Å². The first-order chi connectivity index (χ1) is 13.2. The summed E-state index contributed by atoms with van der Waals surface area (Å²) in [4.78, 5) is 12.2. The number of hydrogen-bond donors (Lipinski definition) is 0. The highest BCUT2D eigenvalue weighted by Gasteiger charge is 2.27. The quantitative estimate of drug-likeness (QED) is 0.525. The second-order valence-electron chi connectivity index (χ2n) is 6.26. The molecule has 1 aromatic carbocycles. The molecule has 3 aromatic heterocycles. The number of nitrogens with zero attached hydrogens (tertiary/aromatic N) is 6. The fourth-order valence-electron chi connectivity index (χ4n) is 3.16. The summed E-state index contributed by atoms with van der Waals surface area (Å²) in [6, 6.07) is 10.1. The molecule has 1 aliphatic heterocycles. The summed E-state index contributed by atoms with van der Waals surface area (Å²) in [6.07, 6.45) is 3.26. The van der Waals surface area contributed by atoms with Crippen molar-refractivity contribution in [2.45, 2.75) is 6.04 Å². The summed E-state index contributed by atoms with van der Waals surface area (Å²) in [5.74, 6) is 0.0417. The molecule has 0 spiro atoms. The minimum absolute atomic E-state index is 0.169. The third kappa shape index (κ3) is 2.48. The van der Waals surface area contributed by atoms with Crippen LogP contribution in [0.5, 0.6) is 0 Å². The molecule has 4 heterocycles. The summed E-state index contributed by atoms with van der Waals surface area (Å²) in [5, 5.41) is 4.62. The van der Waals surface area contributed by atoms with Crippen LogP contribution in [0, 0.1) is 12.4 Å². The lowest BCUT2D eigenvalue weighted by Gasteiger charge is -2.28. The molecule has 27 heavy (non-hydrogen) atoms. The van der Waals surface area contributed by atoms with Gasteiger partial charge in [-0.1, -0.05) is 11.7 Å². The van der Waals surface area contributed by atoms with Crippen LogP contribution in [0.4, 0.5) is 10.2 Å². The molecule has 1 fully saturated rings. The lowest BCUT2D eigenvalue weighted by atomic mass is 10.1. The highest BCUT2D eigenvalue weighted by Crippen LogP contribution is 2.34. The van der Waals surface area contributed by atoms with Gasteiger partial charge in [0.05, 0.1) is 43.2 Å². The highest BCUT2D eigenvalue weighted by atomic mass is 19.1. The lowest BCUT2D eigenvalue weighted by molar-refractivity contribution is -0.0226. The second-order valence-corrected chi connectivity index (χ2v) is 6.26. The number of aromatic nitrogens is 5. The molecule has 1 aliphatic rings. The van der Waals surface area contributed by atoms with E-state index >= 15 is 0 Å². The third-order valence-corrected chi connectivity index (χ3v) is 4.63. The van der Waals surface area contributed by atoms with Crippen molar-refractivity contribution in [3.8, 4) is 22.6 Å². The molecule has 0 unspecified atom stereocenters. The SMILES string of the molecule is [C-]#[N+]c1cnc2ccc(-c3c(-c4ccc(F)cc4)ncn3C3COC3)nn12. The Bertz CT molecular complexity index is 1180. The fraction of sp³-hybridized carbons (Fsp3) is 0.158. The van der Waals surface area contributed by atoms with Crippen LogP contribution in [-0.2, 0) is 4.74 Å². The zero-order valence-electron chi connectivity index (χ0n) is 14.1. The Kier molecular flexibility index (Phi) is 3.48. The van der Waals surface area contributed by atoms with Crippen LogP contribution in [0.3, 0.4) is 0 Å².